The van der Waals surface area contributed by atoms with Gasteiger partial charge < -0.3 is 5.32 Å². The van der Waals surface area contributed by atoms with Crippen LogP contribution in [0.5, 0.6) is 0 Å². The molecule has 3 nitrogen and oxygen atoms in total. The normalized spacial score (nSPS) is 15.7. The quantitative estimate of drug-likeness (QED) is 0.798. The summed E-state index contributed by atoms with van der Waals surface area (Å²) in [6, 6.07) is 4.99. The summed E-state index contributed by atoms with van der Waals surface area (Å²) in [5, 5.41) is 3.15. The lowest BCUT2D eigenvalue weighted by molar-refractivity contribution is 0.269. The maximum absolute atomic E-state index is 4.33. The molecule has 2 rings (SSSR count). The first-order valence-electron chi connectivity index (χ1n) is 5.70. The third kappa shape index (κ3) is 2.48. The summed E-state index contributed by atoms with van der Waals surface area (Å²) in [4.78, 5) is 6.85. The number of hydrogen-bond donors (Lipinski definition) is 1. The molecule has 1 aromatic heterocycles. The number of pyridine rings is 1. The van der Waals surface area contributed by atoms with E-state index in [0.717, 1.165) is 24.9 Å². The lowest BCUT2D eigenvalue weighted by Gasteiger charge is -2.20. The fraction of sp³-hybridized carbons (Fsp3) is 0.583. The van der Waals surface area contributed by atoms with Crippen LogP contribution in [0.15, 0.2) is 18.3 Å². The molecule has 0 aliphatic heterocycles. The Morgan fingerprint density at radius 2 is 2.33 bits per heavy atom. The van der Waals surface area contributed by atoms with Gasteiger partial charge in [-0.3, -0.25) is 4.90 Å². The van der Waals surface area contributed by atoms with Crippen molar-refractivity contribution in [3.05, 3.63) is 23.9 Å². The van der Waals surface area contributed by atoms with Gasteiger partial charge in [-0.15, -0.1) is 0 Å². The summed E-state index contributed by atoms with van der Waals surface area (Å²) >= 11 is 0. The molecule has 1 aliphatic rings. The van der Waals surface area contributed by atoms with E-state index in [1.165, 1.54) is 18.4 Å². The van der Waals surface area contributed by atoms with Crippen molar-refractivity contribution < 1.29 is 0 Å². The minimum atomic E-state index is 0.819. The van der Waals surface area contributed by atoms with Crippen LogP contribution in [-0.2, 0) is 6.54 Å². The minimum Gasteiger partial charge on any atom is -0.373 e. The van der Waals surface area contributed by atoms with Crippen molar-refractivity contribution in [2.24, 2.45) is 0 Å². The summed E-state index contributed by atoms with van der Waals surface area (Å²) in [6.07, 6.45) is 4.56. The Morgan fingerprint density at radius 3 is 2.93 bits per heavy atom. The van der Waals surface area contributed by atoms with Crippen molar-refractivity contribution in [1.82, 2.24) is 9.88 Å². The molecule has 1 saturated carbocycles. The van der Waals surface area contributed by atoms with Crippen LogP contribution in [0.3, 0.4) is 0 Å². The van der Waals surface area contributed by atoms with Crippen molar-refractivity contribution in [3.63, 3.8) is 0 Å². The molecule has 0 spiro atoms. The van der Waals surface area contributed by atoms with Crippen LogP contribution < -0.4 is 5.32 Å². The Bertz CT molecular complexity index is 320. The monoisotopic (exact) mass is 205 g/mol. The Labute approximate surface area is 91.5 Å². The summed E-state index contributed by atoms with van der Waals surface area (Å²) < 4.78 is 0. The molecular formula is C12H19N3. The van der Waals surface area contributed by atoms with Crippen LogP contribution >= 0.6 is 0 Å². The van der Waals surface area contributed by atoms with Gasteiger partial charge in [-0.1, -0.05) is 13.0 Å². The molecule has 0 bridgehead atoms. The molecule has 1 aliphatic carbocycles. The highest BCUT2D eigenvalue weighted by molar-refractivity contribution is 5.42. The van der Waals surface area contributed by atoms with Gasteiger partial charge in [0.25, 0.3) is 0 Å². The van der Waals surface area contributed by atoms with Gasteiger partial charge in [-0.2, -0.15) is 0 Å². The highest BCUT2D eigenvalue weighted by Crippen LogP contribution is 2.28. The lowest BCUT2D eigenvalue weighted by atomic mass is 10.2. The highest BCUT2D eigenvalue weighted by atomic mass is 15.2. The topological polar surface area (TPSA) is 28.2 Å². The molecule has 1 heterocycles. The minimum absolute atomic E-state index is 0.819. The van der Waals surface area contributed by atoms with Crippen molar-refractivity contribution >= 4 is 5.82 Å². The number of nitrogens with one attached hydrogen (secondary N) is 1. The summed E-state index contributed by atoms with van der Waals surface area (Å²) in [6.45, 7) is 4.38. The number of anilines is 1. The molecule has 1 fully saturated rings. The van der Waals surface area contributed by atoms with Crippen molar-refractivity contribution in [1.29, 1.82) is 0 Å². The molecule has 1 aromatic rings. The van der Waals surface area contributed by atoms with E-state index < -0.39 is 0 Å². The predicted octanol–water partition coefficient (Wildman–Crippen LogP) is 2.11. The van der Waals surface area contributed by atoms with E-state index in [1.807, 2.05) is 19.3 Å². The fourth-order valence-electron chi connectivity index (χ4n) is 1.95. The van der Waals surface area contributed by atoms with Crippen LogP contribution in [0.4, 0.5) is 5.82 Å². The van der Waals surface area contributed by atoms with Crippen molar-refractivity contribution in [2.45, 2.75) is 32.4 Å². The molecule has 0 aromatic carbocycles. The summed E-state index contributed by atoms with van der Waals surface area (Å²) in [5.41, 5.74) is 1.30. The molecule has 0 amide bonds. The van der Waals surface area contributed by atoms with Crippen molar-refractivity contribution in [2.75, 3.05) is 18.9 Å². The number of rotatable bonds is 5. The Kier molecular flexibility index (Phi) is 3.21. The molecule has 82 valence electrons. The van der Waals surface area contributed by atoms with Gasteiger partial charge in [0.05, 0.1) is 0 Å². The molecule has 0 saturated heterocycles. The lowest BCUT2D eigenvalue weighted by Crippen LogP contribution is -2.25. The number of nitrogens with zero attached hydrogens (tertiary/aromatic N) is 2. The van der Waals surface area contributed by atoms with Gasteiger partial charge in [0.1, 0.15) is 5.82 Å². The van der Waals surface area contributed by atoms with E-state index in [0.29, 0.717) is 0 Å². The van der Waals surface area contributed by atoms with Gasteiger partial charge in [-0.05, 0) is 25.5 Å². The molecule has 0 unspecified atom stereocenters. The first kappa shape index (κ1) is 10.4. The van der Waals surface area contributed by atoms with Crippen LogP contribution in [-0.4, -0.2) is 29.5 Å². The van der Waals surface area contributed by atoms with E-state index in [2.05, 4.69) is 28.2 Å². The Hall–Kier alpha value is -1.09. The molecule has 0 atom stereocenters. The van der Waals surface area contributed by atoms with Gasteiger partial charge >= 0.3 is 0 Å². The van der Waals surface area contributed by atoms with E-state index >= 15 is 0 Å². The van der Waals surface area contributed by atoms with E-state index in [1.54, 1.807) is 0 Å². The largest absolute Gasteiger partial charge is 0.373 e. The van der Waals surface area contributed by atoms with Crippen LogP contribution in [0, 0.1) is 0 Å². The molecule has 1 N–H and O–H groups in total. The zero-order chi connectivity index (χ0) is 10.7. The van der Waals surface area contributed by atoms with E-state index in [4.69, 9.17) is 0 Å². The average Bonchev–Trinajstić information content (AvgIpc) is 3.10. The van der Waals surface area contributed by atoms with Gasteiger partial charge in [-0.25, -0.2) is 4.98 Å². The van der Waals surface area contributed by atoms with E-state index in [9.17, 15) is 0 Å². The van der Waals surface area contributed by atoms with Gasteiger partial charge in [0, 0.05) is 31.4 Å². The zero-order valence-electron chi connectivity index (χ0n) is 9.53. The van der Waals surface area contributed by atoms with Crippen LogP contribution in [0.1, 0.15) is 25.3 Å². The predicted molar refractivity (Wildman–Crippen MR) is 62.9 cm³/mol. The van der Waals surface area contributed by atoms with E-state index in [-0.39, 0.29) is 0 Å². The maximum Gasteiger partial charge on any atom is 0.130 e. The second kappa shape index (κ2) is 4.62. The number of aromatic nitrogens is 1. The second-order valence-corrected chi connectivity index (χ2v) is 4.06. The second-order valence-electron chi connectivity index (χ2n) is 4.06. The third-order valence-electron chi connectivity index (χ3n) is 2.97. The first-order chi connectivity index (χ1) is 7.35. The fourth-order valence-corrected chi connectivity index (χ4v) is 1.95. The van der Waals surface area contributed by atoms with Crippen LogP contribution in [0.2, 0.25) is 0 Å². The Morgan fingerprint density at radius 1 is 1.53 bits per heavy atom. The van der Waals surface area contributed by atoms with Gasteiger partial charge in [0.2, 0.25) is 0 Å². The number of hydrogen-bond acceptors (Lipinski definition) is 3. The molecular weight excluding hydrogens is 186 g/mol. The maximum atomic E-state index is 4.33. The molecule has 3 heteroatoms. The molecule has 15 heavy (non-hydrogen) atoms. The Balaban J connectivity index is 2.07. The third-order valence-corrected chi connectivity index (χ3v) is 2.97. The summed E-state index contributed by atoms with van der Waals surface area (Å²) in [7, 11) is 1.93. The SMILES string of the molecule is CCN(Cc1cccnc1NC)C1CC1. The first-order valence-corrected chi connectivity index (χ1v) is 5.70. The van der Waals surface area contributed by atoms with Gasteiger partial charge in [0.15, 0.2) is 0 Å². The smallest absolute Gasteiger partial charge is 0.130 e. The standard InChI is InChI=1S/C12H19N3/c1-3-15(11-6-7-11)9-10-5-4-8-14-12(10)13-2/h4-5,8,11H,3,6-7,9H2,1-2H3,(H,13,14). The van der Waals surface area contributed by atoms with Crippen LogP contribution in [0.25, 0.3) is 0 Å². The average molecular weight is 205 g/mol. The van der Waals surface area contributed by atoms with Crippen molar-refractivity contribution in [3.8, 4) is 0 Å². The highest BCUT2D eigenvalue weighted by Gasteiger charge is 2.28. The zero-order valence-corrected chi connectivity index (χ0v) is 9.53. The molecule has 0 radical (unpaired) electrons. The summed E-state index contributed by atoms with van der Waals surface area (Å²) in [5.74, 6) is 1.01.